The van der Waals surface area contributed by atoms with Gasteiger partial charge in [0.2, 0.25) is 10.0 Å². The summed E-state index contributed by atoms with van der Waals surface area (Å²) < 4.78 is 29.8. The van der Waals surface area contributed by atoms with Crippen LogP contribution in [0.4, 0.5) is 5.13 Å². The van der Waals surface area contributed by atoms with Gasteiger partial charge in [0.25, 0.3) is 5.91 Å². The highest BCUT2D eigenvalue weighted by molar-refractivity contribution is 7.88. The molecule has 7 nitrogen and oxygen atoms in total. The first-order chi connectivity index (χ1) is 11.4. The molecular weight excluding hydrogens is 350 g/mol. The van der Waals surface area contributed by atoms with E-state index in [9.17, 15) is 13.2 Å². The molecule has 128 valence electrons. The van der Waals surface area contributed by atoms with Crippen LogP contribution in [0.1, 0.15) is 20.9 Å². The Labute approximate surface area is 144 Å². The molecule has 1 aliphatic rings. The van der Waals surface area contributed by atoms with Crippen LogP contribution in [0.15, 0.2) is 24.3 Å². The third-order valence-corrected chi connectivity index (χ3v) is 5.97. The zero-order chi connectivity index (χ0) is 17.3. The second-order valence-corrected chi connectivity index (χ2v) is 8.49. The summed E-state index contributed by atoms with van der Waals surface area (Å²) in [6, 6.07) is 6.84. The van der Waals surface area contributed by atoms with Crippen LogP contribution in [-0.4, -0.2) is 43.5 Å². The number of carbonyl (C=O) groups is 1. The van der Waals surface area contributed by atoms with E-state index >= 15 is 0 Å². The Kier molecular flexibility index (Phi) is 4.57. The van der Waals surface area contributed by atoms with E-state index in [1.165, 1.54) is 21.9 Å². The minimum atomic E-state index is -3.22. The van der Waals surface area contributed by atoms with E-state index in [4.69, 9.17) is 4.74 Å². The van der Waals surface area contributed by atoms with Crippen LogP contribution < -0.4 is 10.1 Å². The van der Waals surface area contributed by atoms with Crippen molar-refractivity contribution >= 4 is 32.4 Å². The van der Waals surface area contributed by atoms with Gasteiger partial charge in [-0.15, -0.1) is 11.3 Å². The molecule has 0 fully saturated rings. The molecule has 1 amide bonds. The summed E-state index contributed by atoms with van der Waals surface area (Å²) in [5.74, 6) is 0.324. The summed E-state index contributed by atoms with van der Waals surface area (Å²) in [5.41, 5.74) is 1.32. The van der Waals surface area contributed by atoms with Gasteiger partial charge in [-0.05, 0) is 18.2 Å². The van der Waals surface area contributed by atoms with Crippen LogP contribution >= 0.6 is 11.3 Å². The number of methoxy groups -OCH3 is 1. The monoisotopic (exact) mass is 367 g/mol. The van der Waals surface area contributed by atoms with Crippen molar-refractivity contribution < 1.29 is 17.9 Å². The van der Waals surface area contributed by atoms with Crippen LogP contribution in [-0.2, 0) is 23.0 Å². The number of sulfonamides is 1. The fourth-order valence-corrected chi connectivity index (χ4v) is 4.33. The highest BCUT2D eigenvalue weighted by Crippen LogP contribution is 2.29. The molecule has 2 aromatic rings. The van der Waals surface area contributed by atoms with Gasteiger partial charge in [0.15, 0.2) is 5.13 Å². The van der Waals surface area contributed by atoms with Gasteiger partial charge in [0.05, 0.1) is 19.1 Å². The molecule has 0 radical (unpaired) electrons. The Morgan fingerprint density at radius 3 is 2.92 bits per heavy atom. The summed E-state index contributed by atoms with van der Waals surface area (Å²) in [4.78, 5) is 17.6. The van der Waals surface area contributed by atoms with Crippen LogP contribution in [0.5, 0.6) is 5.75 Å². The first kappa shape index (κ1) is 16.9. The largest absolute Gasteiger partial charge is 0.497 e. The maximum Gasteiger partial charge on any atom is 0.257 e. The zero-order valence-electron chi connectivity index (χ0n) is 13.3. The van der Waals surface area contributed by atoms with Crippen LogP contribution in [0.25, 0.3) is 0 Å². The lowest BCUT2D eigenvalue weighted by Crippen LogP contribution is -2.34. The maximum atomic E-state index is 12.3. The molecule has 0 aliphatic carbocycles. The Morgan fingerprint density at radius 1 is 1.42 bits per heavy atom. The first-order valence-corrected chi connectivity index (χ1v) is 9.92. The van der Waals surface area contributed by atoms with Crippen molar-refractivity contribution in [2.75, 3.05) is 25.2 Å². The van der Waals surface area contributed by atoms with E-state index in [0.29, 0.717) is 36.0 Å². The van der Waals surface area contributed by atoms with E-state index in [-0.39, 0.29) is 5.91 Å². The Bertz CT molecular complexity index is 877. The van der Waals surface area contributed by atoms with E-state index < -0.39 is 10.0 Å². The number of nitrogens with zero attached hydrogens (tertiary/aromatic N) is 2. The number of hydrogen-bond acceptors (Lipinski definition) is 6. The molecule has 3 rings (SSSR count). The predicted molar refractivity (Wildman–Crippen MR) is 92.0 cm³/mol. The number of hydrogen-bond donors (Lipinski definition) is 1. The number of aromatic nitrogens is 1. The molecule has 2 heterocycles. The molecule has 1 aromatic carbocycles. The van der Waals surface area contributed by atoms with Gasteiger partial charge in [-0.1, -0.05) is 6.07 Å². The molecule has 1 aliphatic heterocycles. The molecule has 0 atom stereocenters. The molecule has 24 heavy (non-hydrogen) atoms. The number of anilines is 1. The molecule has 9 heteroatoms. The van der Waals surface area contributed by atoms with Gasteiger partial charge >= 0.3 is 0 Å². The molecular formula is C15H17N3O4S2. The fraction of sp³-hybridized carbons (Fsp3) is 0.333. The number of nitrogens with one attached hydrogen (secondary N) is 1. The summed E-state index contributed by atoms with van der Waals surface area (Å²) >= 11 is 1.31. The minimum Gasteiger partial charge on any atom is -0.497 e. The Hall–Kier alpha value is -1.97. The van der Waals surface area contributed by atoms with Gasteiger partial charge < -0.3 is 4.74 Å². The average Bonchev–Trinajstić information content (AvgIpc) is 2.95. The standard InChI is InChI=1S/C15H17N3O4S2/c1-22-11-5-3-4-10(8-11)14(19)17-15-16-12-6-7-18(24(2,20)21)9-13(12)23-15/h3-5,8H,6-7,9H2,1-2H3,(H,16,17,19). The van der Waals surface area contributed by atoms with Gasteiger partial charge in [-0.25, -0.2) is 13.4 Å². The number of benzene rings is 1. The number of fused-ring (bicyclic) bond motifs is 1. The van der Waals surface area contributed by atoms with Gasteiger partial charge in [-0.2, -0.15) is 4.31 Å². The van der Waals surface area contributed by atoms with Gasteiger partial charge in [0.1, 0.15) is 5.75 Å². The molecule has 0 saturated heterocycles. The maximum absolute atomic E-state index is 12.3. The fourth-order valence-electron chi connectivity index (χ4n) is 2.44. The molecule has 1 aromatic heterocycles. The van der Waals surface area contributed by atoms with Crippen molar-refractivity contribution in [2.24, 2.45) is 0 Å². The average molecular weight is 367 g/mol. The number of carbonyl (C=O) groups excluding carboxylic acids is 1. The molecule has 0 unspecified atom stereocenters. The molecule has 0 bridgehead atoms. The van der Waals surface area contributed by atoms with E-state index in [1.54, 1.807) is 31.4 Å². The zero-order valence-corrected chi connectivity index (χ0v) is 14.9. The third-order valence-electron chi connectivity index (χ3n) is 3.72. The van der Waals surface area contributed by atoms with Crippen molar-refractivity contribution in [1.82, 2.24) is 9.29 Å². The van der Waals surface area contributed by atoms with Crippen LogP contribution in [0, 0.1) is 0 Å². The molecule has 0 saturated carbocycles. The first-order valence-electron chi connectivity index (χ1n) is 7.26. The minimum absolute atomic E-state index is 0.278. The van der Waals surface area contributed by atoms with Crippen molar-refractivity contribution in [3.8, 4) is 5.75 Å². The van der Waals surface area contributed by atoms with Crippen LogP contribution in [0.3, 0.4) is 0 Å². The normalized spacial score (nSPS) is 14.9. The van der Waals surface area contributed by atoms with Crippen molar-refractivity contribution in [2.45, 2.75) is 13.0 Å². The summed E-state index contributed by atoms with van der Waals surface area (Å²) in [6.45, 7) is 0.722. The number of thiazole rings is 1. The van der Waals surface area contributed by atoms with Crippen molar-refractivity contribution in [3.63, 3.8) is 0 Å². The topological polar surface area (TPSA) is 88.6 Å². The highest BCUT2D eigenvalue weighted by atomic mass is 32.2. The molecule has 1 N–H and O–H groups in total. The highest BCUT2D eigenvalue weighted by Gasteiger charge is 2.26. The van der Waals surface area contributed by atoms with Gasteiger partial charge in [-0.3, -0.25) is 10.1 Å². The van der Waals surface area contributed by atoms with Crippen molar-refractivity contribution in [3.05, 3.63) is 40.4 Å². The summed E-state index contributed by atoms with van der Waals surface area (Å²) in [7, 11) is -1.68. The SMILES string of the molecule is COc1cccc(C(=O)Nc2nc3c(s2)CN(S(C)(=O)=O)CC3)c1. The van der Waals surface area contributed by atoms with E-state index in [1.807, 2.05) is 0 Å². The van der Waals surface area contributed by atoms with Crippen LogP contribution in [0.2, 0.25) is 0 Å². The lowest BCUT2D eigenvalue weighted by atomic mass is 10.2. The smallest absolute Gasteiger partial charge is 0.257 e. The number of amides is 1. The predicted octanol–water partition coefficient (Wildman–Crippen LogP) is 1.72. The summed E-state index contributed by atoms with van der Waals surface area (Å²) in [6.07, 6.45) is 1.75. The van der Waals surface area contributed by atoms with Crippen molar-refractivity contribution in [1.29, 1.82) is 0 Å². The Morgan fingerprint density at radius 2 is 2.21 bits per heavy atom. The number of rotatable bonds is 4. The van der Waals surface area contributed by atoms with E-state index in [2.05, 4.69) is 10.3 Å². The Balaban J connectivity index is 1.75. The quantitative estimate of drug-likeness (QED) is 0.889. The lowest BCUT2D eigenvalue weighted by Gasteiger charge is -2.23. The summed E-state index contributed by atoms with van der Waals surface area (Å²) in [5, 5.41) is 3.24. The number of ether oxygens (including phenoxy) is 1. The van der Waals surface area contributed by atoms with Gasteiger partial charge in [0, 0.05) is 30.0 Å². The lowest BCUT2D eigenvalue weighted by molar-refractivity contribution is 0.102. The van der Waals surface area contributed by atoms with E-state index in [0.717, 1.165) is 10.6 Å². The molecule has 0 spiro atoms. The second-order valence-electron chi connectivity index (χ2n) is 5.42. The second kappa shape index (κ2) is 6.50. The third kappa shape index (κ3) is 3.58.